The fourth-order valence-corrected chi connectivity index (χ4v) is 3.65. The van der Waals surface area contributed by atoms with Crippen LogP contribution in [0, 0.1) is 0 Å². The number of carbonyl (C=O) groups excluding carboxylic acids is 1. The van der Waals surface area contributed by atoms with Crippen LogP contribution < -0.4 is 0 Å². The monoisotopic (exact) mass is 306 g/mol. The molecule has 0 fully saturated rings. The highest BCUT2D eigenvalue weighted by Crippen LogP contribution is 2.29. The molecule has 16 heavy (non-hydrogen) atoms. The molecule has 0 saturated carbocycles. The molecule has 0 radical (unpaired) electrons. The maximum absolute atomic E-state index is 11.1. The van der Waals surface area contributed by atoms with Crippen molar-refractivity contribution in [3.8, 4) is 0 Å². The van der Waals surface area contributed by atoms with Gasteiger partial charge in [-0.15, -0.1) is 33.2 Å². The van der Waals surface area contributed by atoms with Gasteiger partial charge in [-0.25, -0.2) is 0 Å². The lowest BCUT2D eigenvalue weighted by Crippen LogP contribution is -2.38. The number of hydrogen-bond donors (Lipinski definition) is 0. The molecule has 0 heterocycles. The third kappa shape index (κ3) is 6.30. The Labute approximate surface area is 111 Å². The Balaban J connectivity index is 4.34. The van der Waals surface area contributed by atoms with Crippen molar-refractivity contribution < 1.29 is 14.3 Å². The van der Waals surface area contributed by atoms with E-state index in [1.54, 1.807) is 6.92 Å². The van der Waals surface area contributed by atoms with Crippen LogP contribution in [-0.2, 0) is 14.3 Å². The standard InChI is InChI=1S/C9H17Cl3O3Si/c1-4-7(13)14-8(5-2)15-9(6-3)16(10,11)12/h8-9H,4-6H2,1-3H3. The lowest BCUT2D eigenvalue weighted by molar-refractivity contribution is -0.183. The second-order valence-electron chi connectivity index (χ2n) is 3.26. The first kappa shape index (κ1) is 16.5. The molecular weight excluding hydrogens is 291 g/mol. The van der Waals surface area contributed by atoms with Gasteiger partial charge in [0.25, 0.3) is 0 Å². The van der Waals surface area contributed by atoms with Gasteiger partial charge in [-0.05, 0) is 6.42 Å². The molecule has 0 bridgehead atoms. The Morgan fingerprint density at radius 1 is 1.19 bits per heavy atom. The average molecular weight is 308 g/mol. The van der Waals surface area contributed by atoms with Crippen LogP contribution in [0.1, 0.15) is 40.0 Å². The van der Waals surface area contributed by atoms with Crippen LogP contribution in [0.4, 0.5) is 0 Å². The molecule has 0 aromatic rings. The van der Waals surface area contributed by atoms with Gasteiger partial charge >= 0.3 is 12.0 Å². The van der Waals surface area contributed by atoms with Crippen molar-refractivity contribution in [2.45, 2.75) is 52.1 Å². The lowest BCUT2D eigenvalue weighted by Gasteiger charge is -2.26. The van der Waals surface area contributed by atoms with E-state index in [1.807, 2.05) is 13.8 Å². The van der Waals surface area contributed by atoms with E-state index in [1.165, 1.54) is 0 Å². The van der Waals surface area contributed by atoms with Crippen LogP contribution >= 0.6 is 33.2 Å². The van der Waals surface area contributed by atoms with Gasteiger partial charge in [0.05, 0.1) is 5.73 Å². The minimum Gasteiger partial charge on any atom is -0.436 e. The summed E-state index contributed by atoms with van der Waals surface area (Å²) in [7, 11) is 0. The third-order valence-electron chi connectivity index (χ3n) is 1.94. The SMILES string of the molecule is CCC(=O)OC(CC)OC(CC)[Si](Cl)(Cl)Cl. The summed E-state index contributed by atoms with van der Waals surface area (Å²) >= 11 is 17.6. The Hall–Kier alpha value is 0.517. The van der Waals surface area contributed by atoms with Crippen molar-refractivity contribution in [1.29, 1.82) is 0 Å². The van der Waals surface area contributed by atoms with E-state index >= 15 is 0 Å². The quantitative estimate of drug-likeness (QED) is 0.312. The molecule has 0 aromatic carbocycles. The molecule has 0 aromatic heterocycles. The van der Waals surface area contributed by atoms with Crippen LogP contribution in [0.2, 0.25) is 0 Å². The van der Waals surface area contributed by atoms with Crippen molar-refractivity contribution in [2.24, 2.45) is 0 Å². The molecule has 0 saturated heterocycles. The second-order valence-corrected chi connectivity index (χ2v) is 12.1. The highest BCUT2D eigenvalue weighted by molar-refractivity contribution is 7.65. The summed E-state index contributed by atoms with van der Waals surface area (Å²) in [5.41, 5.74) is -0.452. The maximum atomic E-state index is 11.1. The van der Waals surface area contributed by atoms with E-state index in [0.717, 1.165) is 0 Å². The highest BCUT2D eigenvalue weighted by atomic mass is 35.8. The van der Waals surface area contributed by atoms with Crippen LogP contribution in [0.3, 0.4) is 0 Å². The lowest BCUT2D eigenvalue weighted by atomic mass is 10.4. The molecule has 3 nitrogen and oxygen atoms in total. The first-order valence-electron chi connectivity index (χ1n) is 5.26. The largest absolute Gasteiger partial charge is 0.436 e. The Morgan fingerprint density at radius 3 is 2.06 bits per heavy atom. The van der Waals surface area contributed by atoms with Crippen molar-refractivity contribution in [2.75, 3.05) is 0 Å². The number of halogens is 3. The average Bonchev–Trinajstić information content (AvgIpc) is 2.21. The summed E-state index contributed by atoms with van der Waals surface area (Å²) in [4.78, 5) is 11.1. The molecule has 0 amide bonds. The van der Waals surface area contributed by atoms with E-state index in [9.17, 15) is 4.79 Å². The summed E-state index contributed by atoms with van der Waals surface area (Å²) in [6.45, 7) is 5.43. The topological polar surface area (TPSA) is 35.5 Å². The van der Waals surface area contributed by atoms with Crippen LogP contribution in [0.25, 0.3) is 0 Å². The Kier molecular flexibility index (Phi) is 8.02. The zero-order valence-electron chi connectivity index (χ0n) is 9.63. The first-order valence-corrected chi connectivity index (χ1v) is 10.4. The van der Waals surface area contributed by atoms with E-state index < -0.39 is 18.0 Å². The minimum absolute atomic E-state index is 0.307. The smallest absolute Gasteiger partial charge is 0.369 e. The van der Waals surface area contributed by atoms with Gasteiger partial charge < -0.3 is 9.47 Å². The van der Waals surface area contributed by atoms with Gasteiger partial charge in [-0.1, -0.05) is 20.8 Å². The van der Waals surface area contributed by atoms with Gasteiger partial charge in [-0.3, -0.25) is 4.79 Å². The van der Waals surface area contributed by atoms with E-state index in [0.29, 0.717) is 19.3 Å². The fraction of sp³-hybridized carbons (Fsp3) is 0.889. The van der Waals surface area contributed by atoms with E-state index in [2.05, 4.69) is 0 Å². The summed E-state index contributed by atoms with van der Waals surface area (Å²) in [5.74, 6) is -0.312. The predicted molar refractivity (Wildman–Crippen MR) is 68.9 cm³/mol. The van der Waals surface area contributed by atoms with Crippen molar-refractivity contribution in [3.05, 3.63) is 0 Å². The third-order valence-corrected chi connectivity index (χ3v) is 5.40. The number of esters is 1. The maximum Gasteiger partial charge on any atom is 0.369 e. The molecule has 2 atom stereocenters. The van der Waals surface area contributed by atoms with Gasteiger partial charge in [0, 0.05) is 12.8 Å². The van der Waals surface area contributed by atoms with Crippen LogP contribution in [0.15, 0.2) is 0 Å². The highest BCUT2D eigenvalue weighted by Gasteiger charge is 2.38. The number of ether oxygens (including phenoxy) is 2. The molecule has 0 aliphatic carbocycles. The van der Waals surface area contributed by atoms with Gasteiger partial charge in [-0.2, -0.15) is 0 Å². The van der Waals surface area contributed by atoms with Crippen LogP contribution in [0.5, 0.6) is 0 Å². The molecule has 0 aliphatic rings. The fourth-order valence-electron chi connectivity index (χ4n) is 1.03. The minimum atomic E-state index is -2.92. The molecule has 0 rings (SSSR count). The molecule has 7 heteroatoms. The van der Waals surface area contributed by atoms with E-state index in [4.69, 9.17) is 42.7 Å². The summed E-state index contributed by atoms with van der Waals surface area (Å²) in [6.07, 6.45) is 0.808. The zero-order valence-corrected chi connectivity index (χ0v) is 12.9. The number of carbonyl (C=O) groups is 1. The molecule has 0 spiro atoms. The predicted octanol–water partition coefficient (Wildman–Crippen LogP) is 3.67. The number of hydrogen-bond acceptors (Lipinski definition) is 3. The first-order chi connectivity index (χ1) is 7.35. The Morgan fingerprint density at radius 2 is 1.75 bits per heavy atom. The number of rotatable bonds is 7. The molecule has 96 valence electrons. The van der Waals surface area contributed by atoms with Crippen molar-refractivity contribution in [3.63, 3.8) is 0 Å². The second kappa shape index (κ2) is 7.77. The zero-order chi connectivity index (χ0) is 12.8. The normalized spacial score (nSPS) is 15.6. The Bertz CT molecular complexity index is 221. The van der Waals surface area contributed by atoms with E-state index in [-0.39, 0.29) is 5.97 Å². The van der Waals surface area contributed by atoms with Gasteiger partial charge in [0.1, 0.15) is 0 Å². The summed E-state index contributed by atoms with van der Waals surface area (Å²) < 4.78 is 10.6. The van der Waals surface area contributed by atoms with Crippen molar-refractivity contribution in [1.82, 2.24) is 0 Å². The molecule has 0 aliphatic heterocycles. The molecular formula is C9H17Cl3O3Si. The van der Waals surface area contributed by atoms with Crippen LogP contribution in [-0.4, -0.2) is 24.0 Å². The summed E-state index contributed by atoms with van der Waals surface area (Å²) in [6, 6.07) is -2.92. The van der Waals surface area contributed by atoms with Gasteiger partial charge in [0.15, 0.2) is 0 Å². The molecule has 2 unspecified atom stereocenters. The molecule has 0 N–H and O–H groups in total. The van der Waals surface area contributed by atoms with Gasteiger partial charge in [0.2, 0.25) is 6.29 Å². The van der Waals surface area contributed by atoms with Crippen molar-refractivity contribution >= 4 is 45.2 Å². The summed E-state index contributed by atoms with van der Waals surface area (Å²) in [5, 5.41) is 0.